The first-order valence-electron chi connectivity index (χ1n) is 5.81. The number of amides is 2. The Hall–Kier alpha value is -1.30. The number of rotatable bonds is 5. The Balaban J connectivity index is 2.19. The highest BCUT2D eigenvalue weighted by Crippen LogP contribution is 2.23. The molecule has 2 amide bonds. The van der Waals surface area contributed by atoms with Crippen molar-refractivity contribution in [3.05, 3.63) is 0 Å². The molecule has 1 aliphatic heterocycles. The first-order chi connectivity index (χ1) is 7.93. The van der Waals surface area contributed by atoms with Crippen LogP contribution in [0.2, 0.25) is 0 Å². The van der Waals surface area contributed by atoms with E-state index in [0.29, 0.717) is 6.54 Å². The van der Waals surface area contributed by atoms with Gasteiger partial charge in [-0.05, 0) is 19.8 Å². The molecule has 0 radical (unpaired) electrons. The molecule has 1 heterocycles. The number of hydrogen-bond donors (Lipinski definition) is 3. The molecule has 0 aromatic heterocycles. The van der Waals surface area contributed by atoms with Gasteiger partial charge in [-0.2, -0.15) is 0 Å². The number of nitrogens with one attached hydrogen (secondary N) is 2. The molecular formula is C11H20N2O4. The highest BCUT2D eigenvalue weighted by atomic mass is 16.5. The van der Waals surface area contributed by atoms with E-state index in [9.17, 15) is 9.59 Å². The molecule has 1 rings (SSSR count). The van der Waals surface area contributed by atoms with Gasteiger partial charge in [0.2, 0.25) is 0 Å². The van der Waals surface area contributed by atoms with E-state index in [2.05, 4.69) is 10.6 Å². The normalized spacial score (nSPS) is 25.3. The Morgan fingerprint density at radius 1 is 1.47 bits per heavy atom. The van der Waals surface area contributed by atoms with Crippen LogP contribution in [-0.4, -0.2) is 42.4 Å². The summed E-state index contributed by atoms with van der Waals surface area (Å²) in [4.78, 5) is 21.9. The molecule has 2 unspecified atom stereocenters. The second-order valence-electron chi connectivity index (χ2n) is 4.70. The molecule has 17 heavy (non-hydrogen) atoms. The van der Waals surface area contributed by atoms with E-state index < -0.39 is 11.9 Å². The number of carboxylic acids is 1. The highest BCUT2D eigenvalue weighted by molar-refractivity contribution is 5.75. The molecule has 2 atom stereocenters. The maximum atomic E-state index is 11.4. The number of aliphatic carboxylic acids is 1. The summed E-state index contributed by atoms with van der Waals surface area (Å²) >= 11 is 0. The Labute approximate surface area is 101 Å². The van der Waals surface area contributed by atoms with Gasteiger partial charge in [0.25, 0.3) is 0 Å². The van der Waals surface area contributed by atoms with E-state index in [4.69, 9.17) is 9.84 Å². The number of carbonyl (C=O) groups is 2. The number of carboxylic acid groups (broad SMARTS) is 1. The van der Waals surface area contributed by atoms with Crippen LogP contribution in [0.4, 0.5) is 4.79 Å². The summed E-state index contributed by atoms with van der Waals surface area (Å²) in [5.74, 6) is -1.50. The van der Waals surface area contributed by atoms with Crippen LogP contribution in [-0.2, 0) is 9.53 Å². The van der Waals surface area contributed by atoms with Crippen LogP contribution in [0.3, 0.4) is 0 Å². The molecule has 0 spiro atoms. The summed E-state index contributed by atoms with van der Waals surface area (Å²) in [6.07, 6.45) is 1.94. The van der Waals surface area contributed by atoms with Crippen molar-refractivity contribution >= 4 is 12.0 Å². The zero-order valence-electron chi connectivity index (χ0n) is 10.3. The van der Waals surface area contributed by atoms with E-state index in [-0.39, 0.29) is 18.2 Å². The summed E-state index contributed by atoms with van der Waals surface area (Å²) in [5, 5.41) is 13.9. The topological polar surface area (TPSA) is 87.7 Å². The van der Waals surface area contributed by atoms with Gasteiger partial charge in [-0.3, -0.25) is 4.79 Å². The van der Waals surface area contributed by atoms with Crippen molar-refractivity contribution in [2.45, 2.75) is 32.3 Å². The average molecular weight is 244 g/mol. The molecule has 6 heteroatoms. The number of urea groups is 1. The quantitative estimate of drug-likeness (QED) is 0.660. The maximum Gasteiger partial charge on any atom is 0.314 e. The maximum absolute atomic E-state index is 11.4. The Bertz CT molecular complexity index is 287. The lowest BCUT2D eigenvalue weighted by Crippen LogP contribution is -2.45. The van der Waals surface area contributed by atoms with Crippen molar-refractivity contribution in [1.82, 2.24) is 10.6 Å². The second kappa shape index (κ2) is 5.86. The number of ether oxygens (including phenoxy) is 1. The predicted molar refractivity (Wildman–Crippen MR) is 61.8 cm³/mol. The smallest absolute Gasteiger partial charge is 0.314 e. The van der Waals surface area contributed by atoms with E-state index in [1.165, 1.54) is 0 Å². The first kappa shape index (κ1) is 13.8. The van der Waals surface area contributed by atoms with Crippen LogP contribution in [0.5, 0.6) is 0 Å². The molecule has 1 aliphatic rings. The minimum Gasteiger partial charge on any atom is -0.481 e. The van der Waals surface area contributed by atoms with Crippen LogP contribution in [0.1, 0.15) is 26.7 Å². The molecule has 0 aliphatic carbocycles. The molecular weight excluding hydrogens is 224 g/mol. The number of carbonyl (C=O) groups excluding carboxylic acids is 1. The summed E-state index contributed by atoms with van der Waals surface area (Å²) < 4.78 is 5.52. The van der Waals surface area contributed by atoms with Crippen molar-refractivity contribution in [1.29, 1.82) is 0 Å². The van der Waals surface area contributed by atoms with Crippen LogP contribution in [0.15, 0.2) is 0 Å². The van der Waals surface area contributed by atoms with Crippen molar-refractivity contribution < 1.29 is 19.4 Å². The van der Waals surface area contributed by atoms with E-state index in [1.54, 1.807) is 6.92 Å². The van der Waals surface area contributed by atoms with Gasteiger partial charge in [0.15, 0.2) is 0 Å². The Kier molecular flexibility index (Phi) is 4.74. The standard InChI is InChI=1S/C11H20N2O4/c1-8(9(14)15)6-12-10(16)13-7-11(2)4-3-5-17-11/h8H,3-7H2,1-2H3,(H,14,15)(H2,12,13,16). The molecule has 98 valence electrons. The Morgan fingerprint density at radius 2 is 2.18 bits per heavy atom. The molecule has 0 saturated carbocycles. The van der Waals surface area contributed by atoms with E-state index in [0.717, 1.165) is 19.4 Å². The zero-order chi connectivity index (χ0) is 12.9. The minimum atomic E-state index is -0.920. The fourth-order valence-corrected chi connectivity index (χ4v) is 1.64. The van der Waals surface area contributed by atoms with Crippen molar-refractivity contribution in [3.63, 3.8) is 0 Å². The molecule has 0 aromatic rings. The van der Waals surface area contributed by atoms with Gasteiger partial charge in [-0.15, -0.1) is 0 Å². The van der Waals surface area contributed by atoms with Crippen molar-refractivity contribution in [2.75, 3.05) is 19.7 Å². The lowest BCUT2D eigenvalue weighted by molar-refractivity contribution is -0.140. The third kappa shape index (κ3) is 4.60. The van der Waals surface area contributed by atoms with Crippen LogP contribution >= 0.6 is 0 Å². The van der Waals surface area contributed by atoms with Gasteiger partial charge >= 0.3 is 12.0 Å². The van der Waals surface area contributed by atoms with Crippen molar-refractivity contribution in [2.24, 2.45) is 5.92 Å². The summed E-state index contributed by atoms with van der Waals surface area (Å²) in [6, 6.07) is -0.352. The molecule has 3 N–H and O–H groups in total. The third-order valence-electron chi connectivity index (χ3n) is 2.91. The summed E-state index contributed by atoms with van der Waals surface area (Å²) in [7, 11) is 0. The lowest BCUT2D eigenvalue weighted by atomic mass is 10.0. The highest BCUT2D eigenvalue weighted by Gasteiger charge is 2.30. The van der Waals surface area contributed by atoms with Gasteiger partial charge in [0, 0.05) is 19.7 Å². The predicted octanol–water partition coefficient (Wildman–Crippen LogP) is 0.575. The molecule has 6 nitrogen and oxygen atoms in total. The molecule has 1 saturated heterocycles. The molecule has 1 fully saturated rings. The van der Waals surface area contributed by atoms with Gasteiger partial charge in [0.1, 0.15) is 0 Å². The van der Waals surface area contributed by atoms with Gasteiger partial charge < -0.3 is 20.5 Å². The van der Waals surface area contributed by atoms with Crippen LogP contribution in [0.25, 0.3) is 0 Å². The summed E-state index contributed by atoms with van der Waals surface area (Å²) in [6.45, 7) is 4.80. The number of hydrogen-bond acceptors (Lipinski definition) is 3. The molecule has 0 aromatic carbocycles. The van der Waals surface area contributed by atoms with E-state index >= 15 is 0 Å². The van der Waals surface area contributed by atoms with Gasteiger partial charge in [-0.1, -0.05) is 6.92 Å². The first-order valence-corrected chi connectivity index (χ1v) is 5.81. The van der Waals surface area contributed by atoms with Crippen LogP contribution in [0, 0.1) is 5.92 Å². The summed E-state index contributed by atoms with van der Waals surface area (Å²) in [5.41, 5.74) is -0.282. The zero-order valence-corrected chi connectivity index (χ0v) is 10.3. The van der Waals surface area contributed by atoms with Gasteiger partial charge in [0.05, 0.1) is 11.5 Å². The fourth-order valence-electron chi connectivity index (χ4n) is 1.64. The lowest BCUT2D eigenvalue weighted by Gasteiger charge is -2.23. The SMILES string of the molecule is CC(CNC(=O)NCC1(C)CCCO1)C(=O)O. The van der Waals surface area contributed by atoms with E-state index in [1.807, 2.05) is 6.92 Å². The fraction of sp³-hybridized carbons (Fsp3) is 0.818. The Morgan fingerprint density at radius 3 is 2.71 bits per heavy atom. The largest absolute Gasteiger partial charge is 0.481 e. The van der Waals surface area contributed by atoms with Crippen LogP contribution < -0.4 is 10.6 Å². The molecule has 0 bridgehead atoms. The minimum absolute atomic E-state index is 0.124. The van der Waals surface area contributed by atoms with Gasteiger partial charge in [-0.25, -0.2) is 4.79 Å². The monoisotopic (exact) mass is 244 g/mol. The third-order valence-corrected chi connectivity index (χ3v) is 2.91. The van der Waals surface area contributed by atoms with Crippen molar-refractivity contribution in [3.8, 4) is 0 Å². The second-order valence-corrected chi connectivity index (χ2v) is 4.70. The average Bonchev–Trinajstić information content (AvgIpc) is 2.70.